The van der Waals surface area contributed by atoms with Crippen molar-refractivity contribution in [3.63, 3.8) is 0 Å². The van der Waals surface area contributed by atoms with Crippen molar-refractivity contribution in [2.75, 3.05) is 33.5 Å². The molecule has 2 atom stereocenters. The van der Waals surface area contributed by atoms with Gasteiger partial charge in [-0.1, -0.05) is 50.2 Å². The van der Waals surface area contributed by atoms with Crippen molar-refractivity contribution in [1.29, 1.82) is 0 Å². The molecule has 182 valence electrons. The number of carboxylic acid groups (broad SMARTS) is 1. The van der Waals surface area contributed by atoms with Crippen molar-refractivity contribution in [2.24, 2.45) is 0 Å². The molecule has 2 N–H and O–H groups in total. The van der Waals surface area contributed by atoms with Gasteiger partial charge in [0.25, 0.3) is 0 Å². The molecular formula is C25H33LiO8. The summed E-state index contributed by atoms with van der Waals surface area (Å²) in [4.78, 5) is 22.4. The third-order valence-corrected chi connectivity index (χ3v) is 4.65. The second-order valence-corrected chi connectivity index (χ2v) is 7.09. The number of rotatable bonds is 12. The number of hydrogen-bond acceptors (Lipinski definition) is 8. The smallest absolute Gasteiger partial charge is 0.549 e. The van der Waals surface area contributed by atoms with Crippen molar-refractivity contribution >= 4 is 11.9 Å². The van der Waals surface area contributed by atoms with Crippen LogP contribution >= 0.6 is 0 Å². The SMILES string of the molecule is CCCOc1ccccc1C(CO)C(=O)OC.CCCOc1ccccc1C(CO)C(=O)[O-].[Li+]. The van der Waals surface area contributed by atoms with E-state index in [9.17, 15) is 19.8 Å². The van der Waals surface area contributed by atoms with E-state index >= 15 is 0 Å². The van der Waals surface area contributed by atoms with Gasteiger partial charge in [-0.3, -0.25) is 4.79 Å². The van der Waals surface area contributed by atoms with E-state index in [2.05, 4.69) is 4.74 Å². The second-order valence-electron chi connectivity index (χ2n) is 7.09. The molecule has 8 nitrogen and oxygen atoms in total. The van der Waals surface area contributed by atoms with Crippen molar-refractivity contribution in [1.82, 2.24) is 0 Å². The normalized spacial score (nSPS) is 11.7. The Morgan fingerprint density at radius 3 is 1.59 bits per heavy atom. The minimum atomic E-state index is -1.30. The summed E-state index contributed by atoms with van der Waals surface area (Å²) in [5.41, 5.74) is 1.12. The molecule has 0 aliphatic carbocycles. The Morgan fingerprint density at radius 2 is 1.24 bits per heavy atom. The number of carbonyl (C=O) groups is 2. The number of carbonyl (C=O) groups excluding carboxylic acids is 2. The summed E-state index contributed by atoms with van der Waals surface area (Å²) in [7, 11) is 1.31. The zero-order valence-corrected chi connectivity index (χ0v) is 20.4. The van der Waals surface area contributed by atoms with Crippen LogP contribution in [-0.2, 0) is 14.3 Å². The molecule has 0 aliphatic heterocycles. The van der Waals surface area contributed by atoms with Crippen LogP contribution in [0, 0.1) is 0 Å². The number of para-hydroxylation sites is 2. The number of aliphatic hydroxyl groups is 2. The summed E-state index contributed by atoms with van der Waals surface area (Å²) in [5, 5.41) is 29.1. The predicted octanol–water partition coefficient (Wildman–Crippen LogP) is -0.970. The molecule has 0 radical (unpaired) electrons. The molecular weight excluding hydrogens is 435 g/mol. The number of esters is 1. The maximum atomic E-state index is 11.5. The molecule has 2 aromatic rings. The van der Waals surface area contributed by atoms with Gasteiger partial charge in [-0.15, -0.1) is 0 Å². The first-order chi connectivity index (χ1) is 15.9. The largest absolute Gasteiger partial charge is 1.00 e. The van der Waals surface area contributed by atoms with Crippen LogP contribution < -0.4 is 33.4 Å². The van der Waals surface area contributed by atoms with E-state index in [1.807, 2.05) is 19.9 Å². The average Bonchev–Trinajstić information content (AvgIpc) is 2.83. The molecule has 34 heavy (non-hydrogen) atoms. The molecule has 0 aromatic heterocycles. The summed E-state index contributed by atoms with van der Waals surface area (Å²) in [5.74, 6) is -2.36. The van der Waals surface area contributed by atoms with E-state index < -0.39 is 30.4 Å². The predicted molar refractivity (Wildman–Crippen MR) is 121 cm³/mol. The molecule has 0 amide bonds. The first kappa shape index (κ1) is 31.5. The third kappa shape index (κ3) is 9.78. The molecule has 0 saturated carbocycles. The quantitative estimate of drug-likeness (QED) is 0.301. The molecule has 2 unspecified atom stereocenters. The van der Waals surface area contributed by atoms with Crippen molar-refractivity contribution in [3.05, 3.63) is 59.7 Å². The molecule has 2 rings (SSSR count). The molecule has 9 heteroatoms. The number of methoxy groups -OCH3 is 1. The fourth-order valence-electron chi connectivity index (χ4n) is 2.97. The summed E-state index contributed by atoms with van der Waals surface area (Å²) in [6, 6.07) is 14.0. The molecule has 0 heterocycles. The van der Waals surface area contributed by atoms with E-state index in [0.717, 1.165) is 12.8 Å². The molecule has 2 aromatic carbocycles. The second kappa shape index (κ2) is 17.9. The number of aliphatic hydroxyl groups excluding tert-OH is 2. The van der Waals surface area contributed by atoms with Crippen molar-refractivity contribution in [3.8, 4) is 11.5 Å². The number of carboxylic acids is 1. The first-order valence-corrected chi connectivity index (χ1v) is 10.9. The zero-order chi connectivity index (χ0) is 24.6. The fraction of sp³-hybridized carbons (Fsp3) is 0.440. The Labute approximate surface area is 213 Å². The van der Waals surface area contributed by atoms with Crippen LogP contribution in [0.1, 0.15) is 49.7 Å². The van der Waals surface area contributed by atoms with E-state index in [1.54, 1.807) is 42.5 Å². The summed E-state index contributed by atoms with van der Waals surface area (Å²) < 4.78 is 15.6. The Kier molecular flexibility index (Phi) is 16.6. The van der Waals surface area contributed by atoms with Gasteiger partial charge in [-0.05, 0) is 25.0 Å². The van der Waals surface area contributed by atoms with Crippen LogP contribution in [0.3, 0.4) is 0 Å². The number of benzene rings is 2. The van der Waals surface area contributed by atoms with Crippen LogP contribution in [0.4, 0.5) is 0 Å². The van der Waals surface area contributed by atoms with E-state index in [1.165, 1.54) is 7.11 Å². The van der Waals surface area contributed by atoms with Gasteiger partial charge in [0.15, 0.2) is 0 Å². The van der Waals surface area contributed by atoms with Crippen LogP contribution in [0.15, 0.2) is 48.5 Å². The van der Waals surface area contributed by atoms with Crippen LogP contribution in [0.2, 0.25) is 0 Å². The monoisotopic (exact) mass is 468 g/mol. The first-order valence-electron chi connectivity index (χ1n) is 10.9. The minimum Gasteiger partial charge on any atom is -0.549 e. The molecule has 0 aliphatic rings. The van der Waals surface area contributed by atoms with Gasteiger partial charge in [0.1, 0.15) is 17.4 Å². The molecule has 0 saturated heterocycles. The molecule has 0 spiro atoms. The molecule has 0 fully saturated rings. The minimum absolute atomic E-state index is 0. The number of aliphatic carboxylic acids is 1. The van der Waals surface area contributed by atoms with Crippen LogP contribution in [-0.4, -0.2) is 55.7 Å². The van der Waals surface area contributed by atoms with Crippen LogP contribution in [0.5, 0.6) is 11.5 Å². The summed E-state index contributed by atoms with van der Waals surface area (Å²) in [6.45, 7) is 4.28. The summed E-state index contributed by atoms with van der Waals surface area (Å²) in [6.07, 6.45) is 1.72. The van der Waals surface area contributed by atoms with Gasteiger partial charge in [0.2, 0.25) is 0 Å². The zero-order valence-electron chi connectivity index (χ0n) is 20.4. The average molecular weight is 468 g/mol. The van der Waals surface area contributed by atoms with Gasteiger partial charge in [0, 0.05) is 11.1 Å². The van der Waals surface area contributed by atoms with Gasteiger partial charge in [-0.2, -0.15) is 0 Å². The van der Waals surface area contributed by atoms with Gasteiger partial charge in [0.05, 0.1) is 45.4 Å². The summed E-state index contributed by atoms with van der Waals surface area (Å²) >= 11 is 0. The Morgan fingerprint density at radius 1 is 0.824 bits per heavy atom. The number of ether oxygens (including phenoxy) is 3. The fourth-order valence-corrected chi connectivity index (χ4v) is 2.97. The Balaban J connectivity index is 0.000000623. The Hall–Kier alpha value is -2.50. The van der Waals surface area contributed by atoms with Gasteiger partial charge < -0.3 is 34.3 Å². The van der Waals surface area contributed by atoms with Gasteiger partial charge >= 0.3 is 24.8 Å². The van der Waals surface area contributed by atoms with E-state index in [4.69, 9.17) is 14.6 Å². The topological polar surface area (TPSA) is 125 Å². The third-order valence-electron chi connectivity index (χ3n) is 4.65. The standard InChI is InChI=1S/C13H18O4.C12H16O4.Li/c1-3-8-17-12-7-5-4-6-10(12)11(9-14)13(15)16-2;1-2-7-16-11-6-4-3-5-9(11)10(8-13)12(14)15;/h4-7,11,14H,3,8-9H2,1-2H3;3-6,10,13H,2,7-8H2,1H3,(H,14,15);/q;;+1/p-1. The maximum absolute atomic E-state index is 11.5. The van der Waals surface area contributed by atoms with Gasteiger partial charge in [-0.25, -0.2) is 0 Å². The maximum Gasteiger partial charge on any atom is 1.00 e. The molecule has 0 bridgehead atoms. The van der Waals surface area contributed by atoms with E-state index in [-0.39, 0.29) is 25.5 Å². The van der Waals surface area contributed by atoms with E-state index in [0.29, 0.717) is 35.8 Å². The van der Waals surface area contributed by atoms with Crippen molar-refractivity contribution in [2.45, 2.75) is 38.5 Å². The Bertz CT molecular complexity index is 858. The number of hydrogen-bond donors (Lipinski definition) is 2. The van der Waals surface area contributed by atoms with Crippen LogP contribution in [0.25, 0.3) is 0 Å². The van der Waals surface area contributed by atoms with Crippen molar-refractivity contribution < 1.29 is 58.0 Å².